The molecule has 1 fully saturated rings. The van der Waals surface area contributed by atoms with Crippen molar-refractivity contribution in [2.24, 2.45) is 5.92 Å². The van der Waals surface area contributed by atoms with E-state index in [1.165, 1.54) is 49.3 Å². The van der Waals surface area contributed by atoms with E-state index in [4.69, 9.17) is 0 Å². The van der Waals surface area contributed by atoms with Gasteiger partial charge in [0.05, 0.1) is 10.6 Å². The predicted octanol–water partition coefficient (Wildman–Crippen LogP) is 7.82. The van der Waals surface area contributed by atoms with Gasteiger partial charge in [0.15, 0.2) is 0 Å². The van der Waals surface area contributed by atoms with Crippen LogP contribution in [0.3, 0.4) is 0 Å². The summed E-state index contributed by atoms with van der Waals surface area (Å²) in [5.74, 6) is 0.822. The second kappa shape index (κ2) is 12.2. The Morgan fingerprint density at radius 3 is 2.41 bits per heavy atom. The number of sulfonamides is 1. The van der Waals surface area contributed by atoms with E-state index in [1.54, 1.807) is 18.2 Å². The Hall–Kier alpha value is -2.70. The fourth-order valence-electron chi connectivity index (χ4n) is 6.05. The van der Waals surface area contributed by atoms with Crippen molar-refractivity contribution in [2.75, 3.05) is 11.3 Å². The van der Waals surface area contributed by atoms with Crippen molar-refractivity contribution >= 4 is 15.7 Å². The summed E-state index contributed by atoms with van der Waals surface area (Å²) in [6.07, 6.45) is 9.17. The lowest BCUT2D eigenvalue weighted by Crippen LogP contribution is -2.30. The molecule has 4 nitrogen and oxygen atoms in total. The molecular weight excluding hydrogens is 507 g/mol. The molecule has 0 radical (unpaired) electrons. The zero-order valence-corrected chi connectivity index (χ0v) is 24.1. The maximum absolute atomic E-state index is 14.8. The van der Waals surface area contributed by atoms with E-state index in [2.05, 4.69) is 47.7 Å². The van der Waals surface area contributed by atoms with E-state index in [9.17, 15) is 12.8 Å². The van der Waals surface area contributed by atoms with Gasteiger partial charge >= 0.3 is 0 Å². The van der Waals surface area contributed by atoms with Gasteiger partial charge in [-0.15, -0.1) is 0 Å². The van der Waals surface area contributed by atoms with E-state index < -0.39 is 15.8 Å². The molecule has 2 aliphatic rings. The Balaban J connectivity index is 1.19. The fraction of sp³-hybridized carbons (Fsp3) is 0.455. The van der Waals surface area contributed by atoms with Crippen LogP contribution in [0.5, 0.6) is 0 Å². The first-order valence-electron chi connectivity index (χ1n) is 14.5. The highest BCUT2D eigenvalue weighted by atomic mass is 32.2. The van der Waals surface area contributed by atoms with Gasteiger partial charge in [-0.3, -0.25) is 9.62 Å². The zero-order chi connectivity index (χ0) is 27.4. The van der Waals surface area contributed by atoms with Crippen LogP contribution in [0, 0.1) is 11.7 Å². The van der Waals surface area contributed by atoms with Crippen molar-refractivity contribution in [1.29, 1.82) is 0 Å². The molecule has 0 saturated heterocycles. The van der Waals surface area contributed by atoms with Crippen molar-refractivity contribution < 1.29 is 12.8 Å². The van der Waals surface area contributed by atoms with E-state index in [0.717, 1.165) is 61.5 Å². The van der Waals surface area contributed by atoms with Gasteiger partial charge in [0.2, 0.25) is 0 Å². The molecule has 0 aromatic heterocycles. The van der Waals surface area contributed by atoms with Gasteiger partial charge in [-0.1, -0.05) is 82.3 Å². The average molecular weight is 549 g/mol. The lowest BCUT2D eigenvalue weighted by Gasteiger charge is -2.29. The van der Waals surface area contributed by atoms with Crippen molar-refractivity contribution in [3.05, 3.63) is 94.3 Å². The van der Waals surface area contributed by atoms with Gasteiger partial charge in [-0.2, -0.15) is 0 Å². The molecule has 1 aliphatic carbocycles. The minimum Gasteiger partial charge on any atom is -0.294 e. The number of nitrogens with zero attached hydrogens (tertiary/aromatic N) is 1. The van der Waals surface area contributed by atoms with Crippen LogP contribution in [-0.2, 0) is 36.0 Å². The SMILES string of the molecule is CC(C)c1ccc(CN2CCc3cc(S(=O)(=O)Nc4ccc(CCCC5CCCC5)cc4F)ccc3C2)cc1. The maximum Gasteiger partial charge on any atom is 0.261 e. The maximum atomic E-state index is 14.8. The van der Waals surface area contributed by atoms with Crippen molar-refractivity contribution in [1.82, 2.24) is 4.90 Å². The molecule has 1 aliphatic heterocycles. The third-order valence-electron chi connectivity index (χ3n) is 8.46. The third-order valence-corrected chi connectivity index (χ3v) is 9.83. The van der Waals surface area contributed by atoms with Crippen LogP contribution in [0.4, 0.5) is 10.1 Å². The molecule has 1 heterocycles. The number of anilines is 1. The monoisotopic (exact) mass is 548 g/mol. The van der Waals surface area contributed by atoms with Crippen LogP contribution in [-0.4, -0.2) is 19.9 Å². The predicted molar refractivity (Wildman–Crippen MR) is 157 cm³/mol. The van der Waals surface area contributed by atoms with Crippen LogP contribution in [0.25, 0.3) is 0 Å². The Labute approximate surface area is 233 Å². The van der Waals surface area contributed by atoms with Crippen molar-refractivity contribution in [3.63, 3.8) is 0 Å². The number of halogens is 1. The van der Waals surface area contributed by atoms with E-state index >= 15 is 0 Å². The smallest absolute Gasteiger partial charge is 0.261 e. The van der Waals surface area contributed by atoms with Gasteiger partial charge in [0.1, 0.15) is 5.82 Å². The summed E-state index contributed by atoms with van der Waals surface area (Å²) in [4.78, 5) is 2.57. The lowest BCUT2D eigenvalue weighted by molar-refractivity contribution is 0.245. The summed E-state index contributed by atoms with van der Waals surface area (Å²) in [6, 6.07) is 19.0. The minimum absolute atomic E-state index is 0.00178. The van der Waals surface area contributed by atoms with Crippen LogP contribution in [0.15, 0.2) is 65.6 Å². The summed E-state index contributed by atoms with van der Waals surface area (Å²) < 4.78 is 43.6. The summed E-state index contributed by atoms with van der Waals surface area (Å²) in [6.45, 7) is 6.92. The number of benzene rings is 3. The zero-order valence-electron chi connectivity index (χ0n) is 23.3. The Morgan fingerprint density at radius 2 is 1.69 bits per heavy atom. The highest BCUT2D eigenvalue weighted by molar-refractivity contribution is 7.92. The average Bonchev–Trinajstić information content (AvgIpc) is 3.44. The molecule has 3 aromatic rings. The molecule has 1 N–H and O–H groups in total. The molecule has 0 bridgehead atoms. The normalized spacial score (nSPS) is 16.5. The molecule has 0 spiro atoms. The minimum atomic E-state index is -3.89. The molecule has 6 heteroatoms. The number of hydrogen-bond acceptors (Lipinski definition) is 3. The summed E-state index contributed by atoms with van der Waals surface area (Å²) in [5, 5.41) is 0. The van der Waals surface area contributed by atoms with Gasteiger partial charge in [0.25, 0.3) is 10.0 Å². The van der Waals surface area contributed by atoms with E-state index in [1.807, 2.05) is 12.1 Å². The molecule has 0 atom stereocenters. The van der Waals surface area contributed by atoms with Crippen LogP contribution < -0.4 is 4.72 Å². The first-order valence-corrected chi connectivity index (χ1v) is 16.0. The third kappa shape index (κ3) is 7.09. The summed E-state index contributed by atoms with van der Waals surface area (Å²) in [5.41, 5.74) is 5.74. The number of fused-ring (bicyclic) bond motifs is 1. The Bertz CT molecular complexity index is 1380. The lowest BCUT2D eigenvalue weighted by atomic mass is 9.98. The number of aryl methyl sites for hydroxylation is 1. The second-order valence-electron chi connectivity index (χ2n) is 11.7. The molecule has 0 unspecified atom stereocenters. The molecule has 39 heavy (non-hydrogen) atoms. The highest BCUT2D eigenvalue weighted by Crippen LogP contribution is 2.30. The van der Waals surface area contributed by atoms with Gasteiger partial charge in [-0.05, 0) is 83.2 Å². The quantitative estimate of drug-likeness (QED) is 0.281. The van der Waals surface area contributed by atoms with E-state index in [-0.39, 0.29) is 10.6 Å². The summed E-state index contributed by atoms with van der Waals surface area (Å²) in [7, 11) is -3.89. The topological polar surface area (TPSA) is 49.4 Å². The van der Waals surface area contributed by atoms with E-state index in [0.29, 0.717) is 5.92 Å². The molecular formula is C33H41FN2O2S. The van der Waals surface area contributed by atoms with Gasteiger partial charge < -0.3 is 0 Å². The molecule has 0 amide bonds. The van der Waals surface area contributed by atoms with Crippen molar-refractivity contribution in [2.45, 2.75) is 89.1 Å². The fourth-order valence-corrected chi connectivity index (χ4v) is 7.17. The van der Waals surface area contributed by atoms with Crippen LogP contribution in [0.1, 0.15) is 86.1 Å². The highest BCUT2D eigenvalue weighted by Gasteiger charge is 2.22. The first kappa shape index (κ1) is 27.9. The van der Waals surface area contributed by atoms with Gasteiger partial charge in [-0.25, -0.2) is 12.8 Å². The van der Waals surface area contributed by atoms with Crippen LogP contribution in [0.2, 0.25) is 0 Å². The first-order chi connectivity index (χ1) is 18.8. The second-order valence-corrected chi connectivity index (χ2v) is 13.4. The van der Waals surface area contributed by atoms with Crippen molar-refractivity contribution in [3.8, 4) is 0 Å². The molecule has 5 rings (SSSR count). The Kier molecular flexibility index (Phi) is 8.73. The van der Waals surface area contributed by atoms with Gasteiger partial charge in [0, 0.05) is 19.6 Å². The number of hydrogen-bond donors (Lipinski definition) is 1. The summed E-state index contributed by atoms with van der Waals surface area (Å²) >= 11 is 0. The largest absolute Gasteiger partial charge is 0.294 e. The Morgan fingerprint density at radius 1 is 0.949 bits per heavy atom. The molecule has 208 valence electrons. The van der Waals surface area contributed by atoms with Crippen LogP contribution >= 0.6 is 0 Å². The standard InChI is InChI=1S/C33H41FN2O2S/c1-24(2)28-13-10-27(11-14-28)22-36-19-18-29-21-31(16-15-30(29)23-36)39(37,38)35-33-17-12-26(20-32(33)34)9-5-8-25-6-3-4-7-25/h10-17,20-21,24-25,35H,3-9,18-19,22-23H2,1-2H3. The molecule has 1 saturated carbocycles. The number of nitrogens with one attached hydrogen (secondary N) is 1. The number of rotatable bonds is 10. The molecule has 3 aromatic carbocycles.